The molecule has 1 saturated heterocycles. The van der Waals surface area contributed by atoms with E-state index in [0.717, 1.165) is 50.5 Å². The van der Waals surface area contributed by atoms with E-state index in [-0.39, 0.29) is 5.82 Å². The van der Waals surface area contributed by atoms with Gasteiger partial charge in [0.15, 0.2) is 0 Å². The van der Waals surface area contributed by atoms with E-state index in [1.54, 1.807) is 18.3 Å². The summed E-state index contributed by atoms with van der Waals surface area (Å²) in [5, 5.41) is 0. The molecule has 134 valence electrons. The van der Waals surface area contributed by atoms with Crippen LogP contribution in [0.1, 0.15) is 11.1 Å². The van der Waals surface area contributed by atoms with Crippen LogP contribution in [0.2, 0.25) is 0 Å². The zero-order valence-electron chi connectivity index (χ0n) is 14.8. The molecule has 0 spiro atoms. The summed E-state index contributed by atoms with van der Waals surface area (Å²) < 4.78 is 15.3. The summed E-state index contributed by atoms with van der Waals surface area (Å²) >= 11 is 0. The maximum atomic E-state index is 13.3. The number of benzene rings is 2. The van der Waals surface area contributed by atoms with Crippen LogP contribution in [0.5, 0.6) is 0 Å². The average Bonchev–Trinajstić information content (AvgIpc) is 3.19. The topological polar surface area (TPSA) is 24.3 Å². The van der Waals surface area contributed by atoms with E-state index in [2.05, 4.69) is 39.0 Å². The first kappa shape index (κ1) is 16.9. The fraction of sp³-hybridized carbons (Fsp3) is 0.286. The number of imidazole rings is 1. The lowest BCUT2D eigenvalue weighted by atomic mass is 10.1. The zero-order chi connectivity index (χ0) is 17.8. The van der Waals surface area contributed by atoms with Crippen molar-refractivity contribution in [1.82, 2.24) is 19.4 Å². The highest BCUT2D eigenvalue weighted by molar-refractivity contribution is 5.34. The van der Waals surface area contributed by atoms with Gasteiger partial charge in [-0.2, -0.15) is 0 Å². The second-order valence-electron chi connectivity index (χ2n) is 6.82. The molecule has 4 rings (SSSR count). The number of halogens is 1. The van der Waals surface area contributed by atoms with Crippen LogP contribution in [0.4, 0.5) is 4.39 Å². The van der Waals surface area contributed by atoms with Gasteiger partial charge in [0.2, 0.25) is 0 Å². The van der Waals surface area contributed by atoms with Crippen LogP contribution < -0.4 is 0 Å². The van der Waals surface area contributed by atoms with Gasteiger partial charge < -0.3 is 4.57 Å². The monoisotopic (exact) mass is 350 g/mol. The van der Waals surface area contributed by atoms with Gasteiger partial charge in [-0.1, -0.05) is 24.3 Å². The lowest BCUT2D eigenvalue weighted by Gasteiger charge is -2.34. The van der Waals surface area contributed by atoms with Crippen LogP contribution in [0.15, 0.2) is 67.3 Å². The summed E-state index contributed by atoms with van der Waals surface area (Å²) in [5.41, 5.74) is 3.51. The van der Waals surface area contributed by atoms with Gasteiger partial charge in [-0.05, 0) is 35.4 Å². The van der Waals surface area contributed by atoms with Crippen molar-refractivity contribution < 1.29 is 4.39 Å². The molecule has 0 aliphatic carbocycles. The Balaban J connectivity index is 1.28. The fourth-order valence-electron chi connectivity index (χ4n) is 3.44. The maximum Gasteiger partial charge on any atom is 0.123 e. The van der Waals surface area contributed by atoms with Crippen LogP contribution in [0.25, 0.3) is 5.69 Å². The molecule has 0 atom stereocenters. The van der Waals surface area contributed by atoms with Crippen molar-refractivity contribution in [3.05, 3.63) is 84.2 Å². The van der Waals surface area contributed by atoms with Gasteiger partial charge in [0.05, 0.1) is 6.33 Å². The molecule has 0 N–H and O–H groups in total. The van der Waals surface area contributed by atoms with Gasteiger partial charge in [-0.25, -0.2) is 9.37 Å². The molecule has 26 heavy (non-hydrogen) atoms. The van der Waals surface area contributed by atoms with Crippen molar-refractivity contribution in [2.24, 2.45) is 0 Å². The van der Waals surface area contributed by atoms with Crippen molar-refractivity contribution in [1.29, 1.82) is 0 Å². The lowest BCUT2D eigenvalue weighted by molar-refractivity contribution is 0.122. The summed E-state index contributed by atoms with van der Waals surface area (Å²) in [4.78, 5) is 8.96. The summed E-state index contributed by atoms with van der Waals surface area (Å²) in [6.45, 7) is 5.91. The predicted molar refractivity (Wildman–Crippen MR) is 101 cm³/mol. The molecule has 0 bridgehead atoms. The van der Waals surface area contributed by atoms with E-state index in [1.807, 2.05) is 23.2 Å². The Bertz CT molecular complexity index is 821. The second kappa shape index (κ2) is 7.81. The van der Waals surface area contributed by atoms with Crippen molar-refractivity contribution >= 4 is 0 Å². The molecule has 2 heterocycles. The van der Waals surface area contributed by atoms with Crippen LogP contribution in [-0.4, -0.2) is 45.5 Å². The van der Waals surface area contributed by atoms with E-state index in [0.29, 0.717) is 0 Å². The predicted octanol–water partition coefficient (Wildman–Crippen LogP) is 3.33. The maximum absolute atomic E-state index is 13.3. The summed E-state index contributed by atoms with van der Waals surface area (Å²) in [6, 6.07) is 15.6. The Morgan fingerprint density at radius 1 is 0.846 bits per heavy atom. The molecule has 0 amide bonds. The highest BCUT2D eigenvalue weighted by Crippen LogP contribution is 2.14. The number of piperazine rings is 1. The molecular formula is C21H23FN4. The van der Waals surface area contributed by atoms with E-state index < -0.39 is 0 Å². The molecule has 3 aromatic rings. The molecule has 0 unspecified atom stereocenters. The van der Waals surface area contributed by atoms with Crippen molar-refractivity contribution in [2.75, 3.05) is 26.2 Å². The molecule has 1 aliphatic rings. The first-order valence-corrected chi connectivity index (χ1v) is 9.03. The van der Waals surface area contributed by atoms with Crippen molar-refractivity contribution in [3.8, 4) is 5.69 Å². The summed E-state index contributed by atoms with van der Waals surface area (Å²) in [6.07, 6.45) is 5.55. The molecule has 0 saturated carbocycles. The van der Waals surface area contributed by atoms with Crippen molar-refractivity contribution in [2.45, 2.75) is 13.1 Å². The first-order valence-electron chi connectivity index (χ1n) is 9.03. The Morgan fingerprint density at radius 2 is 1.54 bits per heavy atom. The first-order chi connectivity index (χ1) is 12.8. The molecule has 5 heteroatoms. The van der Waals surface area contributed by atoms with Crippen LogP contribution in [0.3, 0.4) is 0 Å². The number of nitrogens with zero attached hydrogens (tertiary/aromatic N) is 4. The molecular weight excluding hydrogens is 327 g/mol. The third-order valence-electron chi connectivity index (χ3n) is 4.91. The molecule has 2 aromatic carbocycles. The Morgan fingerprint density at radius 3 is 2.15 bits per heavy atom. The number of rotatable bonds is 5. The number of hydrogen-bond donors (Lipinski definition) is 0. The highest BCUT2D eigenvalue weighted by atomic mass is 19.1. The lowest BCUT2D eigenvalue weighted by Crippen LogP contribution is -2.45. The number of hydrogen-bond acceptors (Lipinski definition) is 3. The van der Waals surface area contributed by atoms with E-state index in [9.17, 15) is 4.39 Å². The van der Waals surface area contributed by atoms with Gasteiger partial charge in [0.1, 0.15) is 5.82 Å². The van der Waals surface area contributed by atoms with Crippen LogP contribution >= 0.6 is 0 Å². The van der Waals surface area contributed by atoms with Crippen LogP contribution in [0, 0.1) is 5.82 Å². The van der Waals surface area contributed by atoms with E-state index >= 15 is 0 Å². The molecule has 1 aliphatic heterocycles. The van der Waals surface area contributed by atoms with Crippen LogP contribution in [-0.2, 0) is 13.1 Å². The average molecular weight is 350 g/mol. The molecule has 1 fully saturated rings. The third kappa shape index (κ3) is 4.18. The SMILES string of the molecule is Fc1cccc(CN2CCN(Cc3ccc(-n4ccnc4)cc3)CC2)c1. The second-order valence-corrected chi connectivity index (χ2v) is 6.82. The van der Waals surface area contributed by atoms with Crippen molar-refractivity contribution in [3.63, 3.8) is 0 Å². The standard InChI is InChI=1S/C21H23FN4/c22-20-3-1-2-19(14-20)16-25-12-10-24(11-13-25)15-18-4-6-21(7-5-18)26-9-8-23-17-26/h1-9,14,17H,10-13,15-16H2. The minimum Gasteiger partial charge on any atom is -0.306 e. The fourth-order valence-corrected chi connectivity index (χ4v) is 3.44. The quantitative estimate of drug-likeness (QED) is 0.705. The summed E-state index contributed by atoms with van der Waals surface area (Å²) in [5.74, 6) is -0.153. The van der Waals surface area contributed by atoms with Gasteiger partial charge in [-0.3, -0.25) is 9.80 Å². The number of aromatic nitrogens is 2. The molecule has 4 nitrogen and oxygen atoms in total. The zero-order valence-corrected chi connectivity index (χ0v) is 14.8. The third-order valence-corrected chi connectivity index (χ3v) is 4.91. The van der Waals surface area contributed by atoms with Gasteiger partial charge in [0, 0.05) is 57.3 Å². The smallest absolute Gasteiger partial charge is 0.123 e. The van der Waals surface area contributed by atoms with E-state index in [1.165, 1.54) is 11.6 Å². The highest BCUT2D eigenvalue weighted by Gasteiger charge is 2.17. The normalized spacial score (nSPS) is 16.0. The van der Waals surface area contributed by atoms with Gasteiger partial charge in [-0.15, -0.1) is 0 Å². The van der Waals surface area contributed by atoms with E-state index in [4.69, 9.17) is 0 Å². The minimum atomic E-state index is -0.153. The Kier molecular flexibility index (Phi) is 5.09. The van der Waals surface area contributed by atoms with Gasteiger partial charge >= 0.3 is 0 Å². The van der Waals surface area contributed by atoms with Gasteiger partial charge in [0.25, 0.3) is 0 Å². The minimum absolute atomic E-state index is 0.153. The molecule has 1 aromatic heterocycles. The Labute approximate surface area is 153 Å². The summed E-state index contributed by atoms with van der Waals surface area (Å²) in [7, 11) is 0. The largest absolute Gasteiger partial charge is 0.306 e. The Hall–Kier alpha value is -2.50. The molecule has 0 radical (unpaired) electrons.